The van der Waals surface area contributed by atoms with Crippen LogP contribution in [0.1, 0.15) is 0 Å². The molecule has 12 heavy (non-hydrogen) atoms. The summed E-state index contributed by atoms with van der Waals surface area (Å²) in [6, 6.07) is 2.23. The number of fused-ring (bicyclic) bond motifs is 1. The number of aromatic hydroxyl groups is 2. The molecular weight excluding hydrogens is 164 g/mol. The molecule has 2 aromatic rings. The zero-order valence-corrected chi connectivity index (χ0v) is 5.76. The van der Waals surface area contributed by atoms with Crippen molar-refractivity contribution < 1.29 is 19.7 Å². The number of nitrogens with zero attached hydrogens (tertiary/aromatic N) is 2. The van der Waals surface area contributed by atoms with Crippen LogP contribution in [0, 0.1) is 5.21 Å². The molecule has 0 spiro atoms. The SMILES string of the molecule is [O-][n+]1onc2c(O)cc(O)cc21. The lowest BCUT2D eigenvalue weighted by atomic mass is 10.3. The van der Waals surface area contributed by atoms with Crippen LogP contribution < -0.4 is 4.90 Å². The summed E-state index contributed by atoms with van der Waals surface area (Å²) in [6.45, 7) is 0. The lowest BCUT2D eigenvalue weighted by Gasteiger charge is -1.91. The summed E-state index contributed by atoms with van der Waals surface area (Å²) in [5.74, 6) is -0.504. The monoisotopic (exact) mass is 168 g/mol. The zero-order valence-electron chi connectivity index (χ0n) is 5.76. The van der Waals surface area contributed by atoms with E-state index in [1.54, 1.807) is 0 Å². The summed E-state index contributed by atoms with van der Waals surface area (Å²) in [5, 5.41) is 32.1. The molecule has 0 aliphatic rings. The van der Waals surface area contributed by atoms with E-state index < -0.39 is 0 Å². The minimum atomic E-state index is -0.289. The molecule has 2 rings (SSSR count). The molecular formula is C6H4N2O4. The molecule has 0 radical (unpaired) electrons. The molecule has 2 N–H and O–H groups in total. The summed E-state index contributed by atoms with van der Waals surface area (Å²) in [7, 11) is 0. The summed E-state index contributed by atoms with van der Waals surface area (Å²) >= 11 is 0. The quantitative estimate of drug-likeness (QED) is 0.534. The molecule has 0 atom stereocenters. The van der Waals surface area contributed by atoms with E-state index in [0.29, 0.717) is 0 Å². The molecule has 0 bridgehead atoms. The van der Waals surface area contributed by atoms with Crippen molar-refractivity contribution in [3.05, 3.63) is 17.3 Å². The lowest BCUT2D eigenvalue weighted by molar-refractivity contribution is -0.782. The Morgan fingerprint density at radius 3 is 2.92 bits per heavy atom. The molecule has 6 nitrogen and oxygen atoms in total. The molecule has 0 unspecified atom stereocenters. The van der Waals surface area contributed by atoms with Crippen LogP contribution in [0.25, 0.3) is 11.0 Å². The van der Waals surface area contributed by atoms with Crippen LogP contribution in [0.4, 0.5) is 0 Å². The standard InChI is InChI=1S/C6H4N2O4/c9-3-1-4-6(5(10)2-3)7-12-8(4)11/h1-2,9-10H. The van der Waals surface area contributed by atoms with Gasteiger partial charge in [0.25, 0.3) is 5.52 Å². The Balaban J connectivity index is 2.92. The van der Waals surface area contributed by atoms with Gasteiger partial charge in [0.2, 0.25) is 5.52 Å². The van der Waals surface area contributed by atoms with Gasteiger partial charge in [0.15, 0.2) is 5.75 Å². The largest absolute Gasteiger partial charge is 0.508 e. The van der Waals surface area contributed by atoms with Gasteiger partial charge in [-0.2, -0.15) is 0 Å². The number of phenols is 2. The second-order valence-corrected chi connectivity index (χ2v) is 2.26. The molecule has 1 heterocycles. The minimum Gasteiger partial charge on any atom is -0.508 e. The van der Waals surface area contributed by atoms with E-state index in [1.807, 2.05) is 0 Å². The van der Waals surface area contributed by atoms with E-state index >= 15 is 0 Å². The summed E-state index contributed by atoms with van der Waals surface area (Å²) < 4.78 is 4.19. The summed E-state index contributed by atoms with van der Waals surface area (Å²) in [5.41, 5.74) is 0.0234. The zero-order chi connectivity index (χ0) is 8.72. The maximum absolute atomic E-state index is 10.7. The van der Waals surface area contributed by atoms with Gasteiger partial charge in [-0.25, -0.2) is 0 Å². The van der Waals surface area contributed by atoms with Gasteiger partial charge >= 0.3 is 0 Å². The van der Waals surface area contributed by atoms with Crippen molar-refractivity contribution in [2.75, 3.05) is 0 Å². The smallest absolute Gasteiger partial charge is 0.290 e. The van der Waals surface area contributed by atoms with E-state index in [1.165, 1.54) is 0 Å². The second-order valence-electron chi connectivity index (χ2n) is 2.26. The first-order valence-corrected chi connectivity index (χ1v) is 3.10. The van der Waals surface area contributed by atoms with Gasteiger partial charge in [0.1, 0.15) is 5.75 Å². The lowest BCUT2D eigenvalue weighted by Crippen LogP contribution is -2.22. The number of phenolic OH excluding ortho intramolecular Hbond substituents is 2. The van der Waals surface area contributed by atoms with Gasteiger partial charge in [0.05, 0.1) is 5.16 Å². The highest BCUT2D eigenvalue weighted by atomic mass is 16.8. The fourth-order valence-corrected chi connectivity index (χ4v) is 0.944. The maximum Gasteiger partial charge on any atom is 0.290 e. The van der Waals surface area contributed by atoms with Crippen molar-refractivity contribution in [2.45, 2.75) is 0 Å². The molecule has 0 aliphatic heterocycles. The first-order valence-electron chi connectivity index (χ1n) is 3.10. The Hall–Kier alpha value is -1.98. The minimum absolute atomic E-state index is 0.00694. The molecule has 1 aromatic carbocycles. The third kappa shape index (κ3) is 0.746. The van der Waals surface area contributed by atoms with Gasteiger partial charge in [-0.05, 0) is 4.90 Å². The number of rotatable bonds is 0. The van der Waals surface area contributed by atoms with Crippen LogP contribution in [0.5, 0.6) is 11.5 Å². The van der Waals surface area contributed by atoms with E-state index in [9.17, 15) is 5.21 Å². The van der Waals surface area contributed by atoms with Gasteiger partial charge in [-0.1, -0.05) is 0 Å². The number of hydrogen-bond acceptors (Lipinski definition) is 5. The van der Waals surface area contributed by atoms with Gasteiger partial charge in [0, 0.05) is 12.1 Å². The first kappa shape index (κ1) is 6.71. The van der Waals surface area contributed by atoms with E-state index in [0.717, 1.165) is 12.1 Å². The molecule has 1 aromatic heterocycles. The molecule has 62 valence electrons. The third-order valence-electron chi connectivity index (χ3n) is 1.46. The maximum atomic E-state index is 10.7. The Labute approximate surface area is 65.8 Å². The fourth-order valence-electron chi connectivity index (χ4n) is 0.944. The summed E-state index contributed by atoms with van der Waals surface area (Å²) in [6.07, 6.45) is 0. The molecule has 0 aliphatic carbocycles. The van der Waals surface area contributed by atoms with Crippen LogP contribution in [-0.4, -0.2) is 15.4 Å². The second kappa shape index (κ2) is 2.00. The average Bonchev–Trinajstić information content (AvgIpc) is 2.33. The first-order chi connectivity index (χ1) is 5.68. The van der Waals surface area contributed by atoms with Crippen molar-refractivity contribution >= 4 is 11.0 Å². The van der Waals surface area contributed by atoms with Crippen molar-refractivity contribution in [1.82, 2.24) is 5.16 Å². The average molecular weight is 168 g/mol. The fraction of sp³-hybridized carbons (Fsp3) is 0. The van der Waals surface area contributed by atoms with Crippen molar-refractivity contribution in [3.8, 4) is 11.5 Å². The highest BCUT2D eigenvalue weighted by Gasteiger charge is 2.14. The van der Waals surface area contributed by atoms with Gasteiger partial charge in [-0.15, -0.1) is 0 Å². The van der Waals surface area contributed by atoms with E-state index in [4.69, 9.17) is 10.2 Å². The van der Waals surface area contributed by atoms with Crippen LogP contribution in [0.3, 0.4) is 0 Å². The number of aromatic nitrogens is 2. The summed E-state index contributed by atoms with van der Waals surface area (Å²) in [4.78, 5) is 0.106. The van der Waals surface area contributed by atoms with Gasteiger partial charge < -0.3 is 15.4 Å². The predicted octanol–water partition coefficient (Wildman–Crippen LogP) is -0.128. The topological polar surface area (TPSA) is 93.4 Å². The molecule has 6 heteroatoms. The van der Waals surface area contributed by atoms with Crippen LogP contribution in [-0.2, 0) is 0 Å². The highest BCUT2D eigenvalue weighted by molar-refractivity contribution is 5.79. The molecule has 0 saturated heterocycles. The van der Waals surface area contributed by atoms with Crippen molar-refractivity contribution in [3.63, 3.8) is 0 Å². The third-order valence-corrected chi connectivity index (χ3v) is 1.46. The Morgan fingerprint density at radius 2 is 2.17 bits per heavy atom. The highest BCUT2D eigenvalue weighted by Crippen LogP contribution is 2.25. The van der Waals surface area contributed by atoms with Crippen molar-refractivity contribution in [1.29, 1.82) is 0 Å². The Kier molecular flexibility index (Phi) is 1.12. The number of hydrogen-bond donors (Lipinski definition) is 2. The predicted molar refractivity (Wildman–Crippen MR) is 36.3 cm³/mol. The Morgan fingerprint density at radius 1 is 1.42 bits per heavy atom. The molecule has 0 amide bonds. The van der Waals surface area contributed by atoms with E-state index in [-0.39, 0.29) is 27.4 Å². The van der Waals surface area contributed by atoms with Crippen LogP contribution in [0.15, 0.2) is 16.8 Å². The van der Waals surface area contributed by atoms with Crippen LogP contribution >= 0.6 is 0 Å². The normalized spacial score (nSPS) is 10.7. The molecule has 0 fully saturated rings. The molecule has 0 saturated carbocycles. The van der Waals surface area contributed by atoms with Crippen molar-refractivity contribution in [2.24, 2.45) is 0 Å². The van der Waals surface area contributed by atoms with Crippen LogP contribution in [0.2, 0.25) is 0 Å². The van der Waals surface area contributed by atoms with E-state index in [2.05, 4.69) is 9.79 Å². The number of benzene rings is 1. The Bertz CT molecular complexity index is 436. The van der Waals surface area contributed by atoms with Gasteiger partial charge in [-0.3, -0.25) is 4.63 Å².